The van der Waals surface area contributed by atoms with Gasteiger partial charge in [-0.05, 0) is 25.0 Å². The third kappa shape index (κ3) is 5.58. The van der Waals surface area contributed by atoms with Crippen molar-refractivity contribution < 1.29 is 22.9 Å². The van der Waals surface area contributed by atoms with Crippen LogP contribution in [-0.4, -0.2) is 23.6 Å². The lowest BCUT2D eigenvalue weighted by atomic mass is 10.1. The minimum Gasteiger partial charge on any atom is -0.352 e. The quantitative estimate of drug-likeness (QED) is 0.492. The van der Waals surface area contributed by atoms with Gasteiger partial charge >= 0.3 is 11.9 Å². The zero-order chi connectivity index (χ0) is 16.0. The van der Waals surface area contributed by atoms with E-state index in [-0.39, 0.29) is 30.0 Å². The summed E-state index contributed by atoms with van der Waals surface area (Å²) in [6.45, 7) is -0.00141. The summed E-state index contributed by atoms with van der Waals surface area (Å²) < 4.78 is 35.7. The van der Waals surface area contributed by atoms with Crippen molar-refractivity contribution in [3.63, 3.8) is 0 Å². The maximum Gasteiger partial charge on any atom is 0.389 e. The van der Waals surface area contributed by atoms with E-state index < -0.39 is 29.1 Å². The molecule has 21 heavy (non-hydrogen) atoms. The minimum absolute atomic E-state index is 0.00141. The Hall–Kier alpha value is -1.83. The van der Waals surface area contributed by atoms with Crippen molar-refractivity contribution in [1.82, 2.24) is 5.32 Å². The van der Waals surface area contributed by atoms with E-state index in [0.29, 0.717) is 0 Å². The fraction of sp³-hybridized carbons (Fsp3) is 0.417. The first-order valence-corrected chi connectivity index (χ1v) is 6.38. The fourth-order valence-electron chi connectivity index (χ4n) is 1.63. The summed E-state index contributed by atoms with van der Waals surface area (Å²) in [4.78, 5) is 21.9. The highest BCUT2D eigenvalue weighted by Crippen LogP contribution is 2.28. The highest BCUT2D eigenvalue weighted by Gasteiger charge is 2.26. The normalized spacial score (nSPS) is 11.2. The number of hydrogen-bond donors (Lipinski definition) is 1. The Labute approximate surface area is 123 Å². The van der Waals surface area contributed by atoms with Gasteiger partial charge in [0.2, 0.25) is 0 Å². The molecule has 0 radical (unpaired) electrons. The van der Waals surface area contributed by atoms with Crippen LogP contribution >= 0.6 is 11.6 Å². The van der Waals surface area contributed by atoms with Gasteiger partial charge in [0.25, 0.3) is 5.91 Å². The topological polar surface area (TPSA) is 72.2 Å². The second-order valence-electron chi connectivity index (χ2n) is 4.22. The van der Waals surface area contributed by atoms with E-state index >= 15 is 0 Å². The fourth-order valence-corrected chi connectivity index (χ4v) is 1.88. The molecule has 0 aromatic heterocycles. The molecule has 0 atom stereocenters. The van der Waals surface area contributed by atoms with Crippen molar-refractivity contribution in [3.05, 3.63) is 38.9 Å². The molecule has 0 fully saturated rings. The maximum atomic E-state index is 11.9. The maximum absolute atomic E-state index is 11.9. The van der Waals surface area contributed by atoms with E-state index in [1.165, 1.54) is 18.2 Å². The lowest BCUT2D eigenvalue weighted by Crippen LogP contribution is -2.25. The molecule has 0 aliphatic carbocycles. The van der Waals surface area contributed by atoms with Gasteiger partial charge in [0, 0.05) is 13.0 Å². The number of carbonyl (C=O) groups is 1. The number of hydrogen-bond acceptors (Lipinski definition) is 3. The largest absolute Gasteiger partial charge is 0.389 e. The average Bonchev–Trinajstić information content (AvgIpc) is 2.35. The van der Waals surface area contributed by atoms with Gasteiger partial charge in [0.05, 0.1) is 4.92 Å². The van der Waals surface area contributed by atoms with Crippen LogP contribution in [0.15, 0.2) is 18.2 Å². The molecular weight excluding hydrogens is 313 g/mol. The van der Waals surface area contributed by atoms with E-state index in [1.807, 2.05) is 0 Å². The molecule has 0 saturated carbocycles. The van der Waals surface area contributed by atoms with Crippen molar-refractivity contribution in [2.45, 2.75) is 25.4 Å². The molecule has 9 heteroatoms. The number of carbonyl (C=O) groups excluding carboxylic acids is 1. The molecule has 0 unspecified atom stereocenters. The molecule has 1 aromatic carbocycles. The molecule has 1 amide bonds. The van der Waals surface area contributed by atoms with Crippen LogP contribution in [0.3, 0.4) is 0 Å². The van der Waals surface area contributed by atoms with Gasteiger partial charge in [-0.2, -0.15) is 13.2 Å². The number of benzene rings is 1. The Balaban J connectivity index is 2.57. The predicted molar refractivity (Wildman–Crippen MR) is 70.3 cm³/mol. The Morgan fingerprint density at radius 2 is 2.00 bits per heavy atom. The predicted octanol–water partition coefficient (Wildman–Crippen LogP) is 3.71. The summed E-state index contributed by atoms with van der Waals surface area (Å²) in [5.41, 5.74) is -0.740. The van der Waals surface area contributed by atoms with Crippen LogP contribution in [0.4, 0.5) is 18.9 Å². The molecule has 1 aromatic rings. The van der Waals surface area contributed by atoms with Crippen LogP contribution in [0.1, 0.15) is 29.6 Å². The van der Waals surface area contributed by atoms with Gasteiger partial charge in [0.15, 0.2) is 0 Å². The van der Waals surface area contributed by atoms with E-state index in [0.717, 1.165) is 0 Å². The van der Waals surface area contributed by atoms with Crippen LogP contribution in [0.25, 0.3) is 0 Å². The number of amides is 1. The number of nitrogens with zero attached hydrogens (tertiary/aromatic N) is 1. The third-order valence-corrected chi connectivity index (χ3v) is 2.89. The summed E-state index contributed by atoms with van der Waals surface area (Å²) >= 11 is 5.66. The number of unbranched alkanes of at least 4 members (excludes halogenated alkanes) is 1. The summed E-state index contributed by atoms with van der Waals surface area (Å²) in [6, 6.07) is 3.89. The van der Waals surface area contributed by atoms with Gasteiger partial charge in [-0.25, -0.2) is 0 Å². The molecule has 0 heterocycles. The first-order chi connectivity index (χ1) is 9.72. The first-order valence-electron chi connectivity index (χ1n) is 6.00. The minimum atomic E-state index is -4.23. The molecule has 1 rings (SSSR count). The summed E-state index contributed by atoms with van der Waals surface area (Å²) in [5, 5.41) is 13.0. The standard InChI is InChI=1S/C12H12ClF3N2O3/c13-9-5-3-4-8(10(9)18(20)21)11(19)17-7-2-1-6-12(14,15)16/h3-5H,1-2,6-7H2,(H,17,19). The Bertz CT molecular complexity index is 535. The molecule has 0 aliphatic rings. The Morgan fingerprint density at radius 3 is 2.57 bits per heavy atom. The summed E-state index contributed by atoms with van der Waals surface area (Å²) in [7, 11) is 0. The van der Waals surface area contributed by atoms with E-state index in [2.05, 4.69) is 5.32 Å². The number of alkyl halides is 3. The molecule has 5 nitrogen and oxygen atoms in total. The molecule has 0 aliphatic heterocycles. The molecular formula is C12H12ClF3N2O3. The van der Waals surface area contributed by atoms with Crippen molar-refractivity contribution in [2.75, 3.05) is 6.54 Å². The smallest absolute Gasteiger partial charge is 0.352 e. The third-order valence-electron chi connectivity index (χ3n) is 2.59. The van der Waals surface area contributed by atoms with E-state index in [1.54, 1.807) is 0 Å². The highest BCUT2D eigenvalue weighted by atomic mass is 35.5. The lowest BCUT2D eigenvalue weighted by Gasteiger charge is -2.08. The van der Waals surface area contributed by atoms with Crippen LogP contribution < -0.4 is 5.32 Å². The zero-order valence-corrected chi connectivity index (χ0v) is 11.5. The highest BCUT2D eigenvalue weighted by molar-refractivity contribution is 6.33. The van der Waals surface area contributed by atoms with Crippen molar-refractivity contribution in [3.8, 4) is 0 Å². The van der Waals surface area contributed by atoms with Crippen LogP contribution in [0.5, 0.6) is 0 Å². The summed E-state index contributed by atoms with van der Waals surface area (Å²) in [5.74, 6) is -0.740. The van der Waals surface area contributed by atoms with Gasteiger partial charge < -0.3 is 5.32 Å². The molecule has 0 spiro atoms. The monoisotopic (exact) mass is 324 g/mol. The number of halogens is 4. The Morgan fingerprint density at radius 1 is 1.33 bits per heavy atom. The lowest BCUT2D eigenvalue weighted by molar-refractivity contribution is -0.385. The second-order valence-corrected chi connectivity index (χ2v) is 4.63. The van der Waals surface area contributed by atoms with E-state index in [9.17, 15) is 28.1 Å². The zero-order valence-electron chi connectivity index (χ0n) is 10.7. The number of nitro groups is 1. The van der Waals surface area contributed by atoms with Crippen molar-refractivity contribution in [2.24, 2.45) is 0 Å². The van der Waals surface area contributed by atoms with Gasteiger partial charge in [-0.15, -0.1) is 0 Å². The van der Waals surface area contributed by atoms with Crippen LogP contribution in [0.2, 0.25) is 5.02 Å². The number of para-hydroxylation sites is 1. The molecule has 1 N–H and O–H groups in total. The molecule has 116 valence electrons. The van der Waals surface area contributed by atoms with Crippen LogP contribution in [0, 0.1) is 10.1 Å². The number of rotatable bonds is 6. The van der Waals surface area contributed by atoms with Crippen LogP contribution in [-0.2, 0) is 0 Å². The van der Waals surface area contributed by atoms with Crippen molar-refractivity contribution in [1.29, 1.82) is 0 Å². The summed E-state index contributed by atoms with van der Waals surface area (Å²) in [6.07, 6.45) is -5.16. The van der Waals surface area contributed by atoms with Gasteiger partial charge in [-0.3, -0.25) is 14.9 Å². The number of nitro benzene ring substituents is 1. The second kappa shape index (κ2) is 7.26. The van der Waals surface area contributed by atoms with Crippen molar-refractivity contribution >= 4 is 23.2 Å². The molecule has 0 bridgehead atoms. The first kappa shape index (κ1) is 17.2. The van der Waals surface area contributed by atoms with Gasteiger partial charge in [-0.1, -0.05) is 17.7 Å². The van der Waals surface area contributed by atoms with Gasteiger partial charge in [0.1, 0.15) is 10.6 Å². The number of nitrogens with one attached hydrogen (secondary N) is 1. The average molecular weight is 325 g/mol. The molecule has 0 saturated heterocycles. The Kier molecular flexibility index (Phi) is 5.95. The SMILES string of the molecule is O=C(NCCCCC(F)(F)F)c1cccc(Cl)c1[N+](=O)[O-]. The van der Waals surface area contributed by atoms with E-state index in [4.69, 9.17) is 11.6 Å².